The second-order valence-corrected chi connectivity index (χ2v) is 5.20. The van der Waals surface area contributed by atoms with Gasteiger partial charge in [0.25, 0.3) is 0 Å². The zero-order valence-corrected chi connectivity index (χ0v) is 12.7. The highest BCUT2D eigenvalue weighted by Crippen LogP contribution is 2.27. The molecule has 1 aromatic heterocycles. The van der Waals surface area contributed by atoms with Crippen molar-refractivity contribution < 1.29 is 9.47 Å². The molecule has 2 aromatic carbocycles. The number of nitrogens with zero attached hydrogens (tertiary/aromatic N) is 1. The molecule has 0 unspecified atom stereocenters. The van der Waals surface area contributed by atoms with E-state index in [0.29, 0.717) is 19.8 Å². The van der Waals surface area contributed by atoms with Gasteiger partial charge in [-0.2, -0.15) is 0 Å². The van der Waals surface area contributed by atoms with Gasteiger partial charge in [0.1, 0.15) is 0 Å². The maximum atomic E-state index is 6.23. The van der Waals surface area contributed by atoms with Gasteiger partial charge in [0, 0.05) is 18.1 Å². The van der Waals surface area contributed by atoms with E-state index < -0.39 is 0 Å². The van der Waals surface area contributed by atoms with E-state index in [1.54, 1.807) is 11.8 Å². The van der Waals surface area contributed by atoms with Crippen molar-refractivity contribution in [3.8, 4) is 11.3 Å². The first-order valence-corrected chi connectivity index (χ1v) is 7.31. The molecule has 22 heavy (non-hydrogen) atoms. The predicted octanol–water partition coefficient (Wildman–Crippen LogP) is 3.19. The highest BCUT2D eigenvalue weighted by atomic mass is 16.5. The minimum Gasteiger partial charge on any atom is -0.382 e. The Kier molecular flexibility index (Phi) is 4.42. The minimum atomic E-state index is 0.579. The molecule has 4 heteroatoms. The van der Waals surface area contributed by atoms with Crippen LogP contribution < -0.4 is 5.84 Å². The van der Waals surface area contributed by atoms with Crippen LogP contribution in [-0.2, 0) is 16.1 Å². The third-order valence-corrected chi connectivity index (χ3v) is 3.67. The highest BCUT2D eigenvalue weighted by Gasteiger charge is 2.09. The van der Waals surface area contributed by atoms with E-state index >= 15 is 0 Å². The number of hydrogen-bond donors (Lipinski definition) is 1. The molecular weight excluding hydrogens is 276 g/mol. The average molecular weight is 296 g/mol. The normalized spacial score (nSPS) is 11.1. The zero-order chi connectivity index (χ0) is 15.4. The third-order valence-electron chi connectivity index (χ3n) is 3.67. The first-order valence-electron chi connectivity index (χ1n) is 7.31. The van der Waals surface area contributed by atoms with Crippen LogP contribution in [-0.4, -0.2) is 25.0 Å². The lowest BCUT2D eigenvalue weighted by atomic mass is 10.1. The highest BCUT2D eigenvalue weighted by molar-refractivity contribution is 5.87. The van der Waals surface area contributed by atoms with Gasteiger partial charge < -0.3 is 15.3 Å². The van der Waals surface area contributed by atoms with Crippen LogP contribution in [0.5, 0.6) is 0 Å². The van der Waals surface area contributed by atoms with Crippen LogP contribution >= 0.6 is 0 Å². The molecule has 4 nitrogen and oxygen atoms in total. The Balaban J connectivity index is 1.87. The van der Waals surface area contributed by atoms with E-state index in [1.807, 2.05) is 30.3 Å². The molecule has 3 rings (SSSR count). The molecule has 0 spiro atoms. The molecule has 0 saturated carbocycles. The average Bonchev–Trinajstić information content (AvgIpc) is 2.89. The van der Waals surface area contributed by atoms with Gasteiger partial charge in [0.15, 0.2) is 0 Å². The topological polar surface area (TPSA) is 49.4 Å². The molecule has 3 aromatic rings. The predicted molar refractivity (Wildman–Crippen MR) is 89.1 cm³/mol. The monoisotopic (exact) mass is 296 g/mol. The van der Waals surface area contributed by atoms with Gasteiger partial charge in [0.05, 0.1) is 31.0 Å². The standard InChI is InChI=1S/C18H20N2O2/c1-21-9-10-22-13-14-7-8-17-16(11-14)12-18(20(17)19)15-5-3-2-4-6-15/h2-8,11-12H,9-10,13,19H2,1H3. The van der Waals surface area contributed by atoms with Gasteiger partial charge >= 0.3 is 0 Å². The number of aromatic nitrogens is 1. The summed E-state index contributed by atoms with van der Waals surface area (Å²) in [5, 5.41) is 1.12. The lowest BCUT2D eigenvalue weighted by Crippen LogP contribution is -2.09. The number of methoxy groups -OCH3 is 1. The summed E-state index contributed by atoms with van der Waals surface area (Å²) in [6.07, 6.45) is 0. The molecule has 1 heterocycles. The maximum Gasteiger partial charge on any atom is 0.0718 e. The fourth-order valence-corrected chi connectivity index (χ4v) is 2.54. The molecule has 0 amide bonds. The van der Waals surface area contributed by atoms with Crippen LogP contribution in [0.25, 0.3) is 22.2 Å². The summed E-state index contributed by atoms with van der Waals surface area (Å²) in [5.74, 6) is 6.23. The van der Waals surface area contributed by atoms with Crippen LogP contribution in [0.3, 0.4) is 0 Å². The molecule has 0 aliphatic rings. The van der Waals surface area contributed by atoms with Crippen LogP contribution in [0.4, 0.5) is 0 Å². The number of nitrogens with two attached hydrogens (primary N) is 1. The van der Waals surface area contributed by atoms with Gasteiger partial charge in [-0.3, -0.25) is 4.68 Å². The lowest BCUT2D eigenvalue weighted by molar-refractivity contribution is 0.0617. The zero-order valence-electron chi connectivity index (χ0n) is 12.7. The number of nitrogen functional groups attached to an aromatic ring is 1. The van der Waals surface area contributed by atoms with Crippen molar-refractivity contribution in [3.05, 3.63) is 60.2 Å². The Morgan fingerprint density at radius 1 is 1.00 bits per heavy atom. The maximum absolute atomic E-state index is 6.23. The van der Waals surface area contributed by atoms with Crippen LogP contribution in [0, 0.1) is 0 Å². The second kappa shape index (κ2) is 6.64. The quantitative estimate of drug-likeness (QED) is 0.561. The van der Waals surface area contributed by atoms with Crippen molar-refractivity contribution in [2.45, 2.75) is 6.61 Å². The van der Waals surface area contributed by atoms with E-state index in [1.165, 1.54) is 0 Å². The smallest absolute Gasteiger partial charge is 0.0718 e. The molecule has 0 bridgehead atoms. The Hall–Kier alpha value is -2.30. The number of rotatable bonds is 6. The minimum absolute atomic E-state index is 0.579. The van der Waals surface area contributed by atoms with Crippen LogP contribution in [0.1, 0.15) is 5.56 Å². The summed E-state index contributed by atoms with van der Waals surface area (Å²) in [5.41, 5.74) is 4.26. The summed E-state index contributed by atoms with van der Waals surface area (Å²) in [6.45, 7) is 1.79. The van der Waals surface area contributed by atoms with E-state index in [0.717, 1.165) is 27.7 Å². The molecule has 0 fully saturated rings. The van der Waals surface area contributed by atoms with Gasteiger partial charge in [-0.1, -0.05) is 36.4 Å². The number of ether oxygens (including phenoxy) is 2. The number of fused-ring (bicyclic) bond motifs is 1. The third kappa shape index (κ3) is 2.98. The Morgan fingerprint density at radius 2 is 1.82 bits per heavy atom. The molecule has 114 valence electrons. The van der Waals surface area contributed by atoms with E-state index in [-0.39, 0.29) is 0 Å². The van der Waals surface area contributed by atoms with Crippen molar-refractivity contribution >= 4 is 10.9 Å². The fraction of sp³-hybridized carbons (Fsp3) is 0.222. The largest absolute Gasteiger partial charge is 0.382 e. The Bertz CT molecular complexity index is 750. The first-order chi connectivity index (χ1) is 10.8. The van der Waals surface area contributed by atoms with Crippen molar-refractivity contribution in [3.63, 3.8) is 0 Å². The van der Waals surface area contributed by atoms with Crippen molar-refractivity contribution in [2.24, 2.45) is 0 Å². The Labute approximate surface area is 130 Å². The number of hydrogen-bond acceptors (Lipinski definition) is 3. The van der Waals surface area contributed by atoms with Gasteiger partial charge in [-0.25, -0.2) is 0 Å². The van der Waals surface area contributed by atoms with Crippen molar-refractivity contribution in [1.29, 1.82) is 0 Å². The van der Waals surface area contributed by atoms with Crippen molar-refractivity contribution in [1.82, 2.24) is 4.68 Å². The SMILES string of the molecule is COCCOCc1ccc2c(c1)cc(-c1ccccc1)n2N. The van der Waals surface area contributed by atoms with E-state index in [4.69, 9.17) is 15.3 Å². The Morgan fingerprint density at radius 3 is 2.59 bits per heavy atom. The van der Waals surface area contributed by atoms with E-state index in [2.05, 4.69) is 24.3 Å². The first kappa shape index (κ1) is 14.6. The molecular formula is C18H20N2O2. The summed E-state index contributed by atoms with van der Waals surface area (Å²) >= 11 is 0. The molecule has 0 atom stereocenters. The van der Waals surface area contributed by atoms with Crippen LogP contribution in [0.2, 0.25) is 0 Å². The van der Waals surface area contributed by atoms with Crippen molar-refractivity contribution in [2.75, 3.05) is 26.2 Å². The van der Waals surface area contributed by atoms with Gasteiger partial charge in [-0.15, -0.1) is 0 Å². The van der Waals surface area contributed by atoms with Gasteiger partial charge in [0.2, 0.25) is 0 Å². The molecule has 0 saturated heterocycles. The summed E-state index contributed by atoms with van der Waals surface area (Å²) < 4.78 is 12.3. The lowest BCUT2D eigenvalue weighted by Gasteiger charge is -2.05. The summed E-state index contributed by atoms with van der Waals surface area (Å²) in [6, 6.07) is 18.5. The summed E-state index contributed by atoms with van der Waals surface area (Å²) in [7, 11) is 1.67. The second-order valence-electron chi connectivity index (χ2n) is 5.20. The van der Waals surface area contributed by atoms with E-state index in [9.17, 15) is 0 Å². The molecule has 0 radical (unpaired) electrons. The van der Waals surface area contributed by atoms with Crippen LogP contribution in [0.15, 0.2) is 54.6 Å². The summed E-state index contributed by atoms with van der Waals surface area (Å²) in [4.78, 5) is 0. The van der Waals surface area contributed by atoms with Gasteiger partial charge in [-0.05, 0) is 23.8 Å². The molecule has 0 aliphatic heterocycles. The molecule has 2 N–H and O–H groups in total. The fourth-order valence-electron chi connectivity index (χ4n) is 2.54. The molecule has 0 aliphatic carbocycles. The number of benzene rings is 2.